The van der Waals surface area contributed by atoms with Crippen molar-refractivity contribution in [3.8, 4) is 0 Å². The number of hydrogen-bond donors (Lipinski definition) is 1. The predicted molar refractivity (Wildman–Crippen MR) is 53.6 cm³/mol. The van der Waals surface area contributed by atoms with Gasteiger partial charge in [0.15, 0.2) is 0 Å². The number of hydrogen-bond acceptors (Lipinski definition) is 2. The molecule has 0 aliphatic carbocycles. The molecular formula is C9H5ClF6N2O. The van der Waals surface area contributed by atoms with Crippen LogP contribution in [0.5, 0.6) is 0 Å². The van der Waals surface area contributed by atoms with E-state index in [0.717, 1.165) is 12.3 Å². The molecule has 19 heavy (non-hydrogen) atoms. The van der Waals surface area contributed by atoms with Crippen LogP contribution in [0.15, 0.2) is 24.4 Å². The molecule has 10 heteroatoms. The first kappa shape index (κ1) is 15.5. The molecule has 1 aromatic heterocycles. The van der Waals surface area contributed by atoms with Crippen molar-refractivity contribution >= 4 is 23.3 Å². The Labute approximate surface area is 107 Å². The van der Waals surface area contributed by atoms with Crippen LogP contribution in [0.2, 0.25) is 0 Å². The summed E-state index contributed by atoms with van der Waals surface area (Å²) >= 11 is 4.50. The second kappa shape index (κ2) is 4.87. The highest BCUT2D eigenvalue weighted by atomic mass is 35.5. The molecule has 1 heterocycles. The van der Waals surface area contributed by atoms with Crippen LogP contribution in [0, 0.1) is 0 Å². The average Bonchev–Trinajstić information content (AvgIpc) is 2.26. The molecule has 0 bridgehead atoms. The number of amides is 1. The molecule has 0 aliphatic heterocycles. The fourth-order valence-electron chi connectivity index (χ4n) is 1.06. The summed E-state index contributed by atoms with van der Waals surface area (Å²) in [6.45, 7) is 0. The van der Waals surface area contributed by atoms with E-state index in [-0.39, 0.29) is 0 Å². The minimum Gasteiger partial charge on any atom is -0.309 e. The average molecular weight is 307 g/mol. The molecule has 0 saturated heterocycles. The number of carbonyl (C=O) groups is 1. The summed E-state index contributed by atoms with van der Waals surface area (Å²) in [6.07, 6.45) is -10.9. The molecule has 0 fully saturated rings. The number of pyridine rings is 1. The van der Waals surface area contributed by atoms with Crippen molar-refractivity contribution < 1.29 is 31.1 Å². The summed E-state index contributed by atoms with van der Waals surface area (Å²) in [5.41, 5.74) is 0. The molecular weight excluding hydrogens is 302 g/mol. The Morgan fingerprint density at radius 3 is 2.00 bits per heavy atom. The van der Waals surface area contributed by atoms with Crippen LogP contribution in [-0.2, 0) is 4.79 Å². The maximum absolute atomic E-state index is 12.4. The molecule has 1 aromatic rings. The van der Waals surface area contributed by atoms with Crippen LogP contribution < -0.4 is 5.32 Å². The standard InChI is InChI=1S/C9H5ClF6N2O/c10-7(8(11,12)13,9(14,15)16)6(19)18-5-3-1-2-4-17-5/h1-4H,(H,17,18,19). The topological polar surface area (TPSA) is 42.0 Å². The smallest absolute Gasteiger partial charge is 0.309 e. The Hall–Kier alpha value is -1.51. The van der Waals surface area contributed by atoms with Gasteiger partial charge in [0, 0.05) is 6.20 Å². The summed E-state index contributed by atoms with van der Waals surface area (Å²) < 4.78 is 74.5. The van der Waals surface area contributed by atoms with Gasteiger partial charge in [0.2, 0.25) is 0 Å². The van der Waals surface area contributed by atoms with Gasteiger partial charge >= 0.3 is 17.2 Å². The van der Waals surface area contributed by atoms with Gasteiger partial charge in [-0.05, 0) is 12.1 Å². The number of carbonyl (C=O) groups excluding carboxylic acids is 1. The van der Waals surface area contributed by atoms with Crippen molar-refractivity contribution in [1.29, 1.82) is 0 Å². The Bertz CT molecular complexity index is 444. The van der Waals surface area contributed by atoms with Gasteiger partial charge in [-0.1, -0.05) is 17.7 Å². The minimum atomic E-state index is -6.01. The van der Waals surface area contributed by atoms with Crippen molar-refractivity contribution in [3.05, 3.63) is 24.4 Å². The van der Waals surface area contributed by atoms with Crippen molar-refractivity contribution in [2.45, 2.75) is 17.2 Å². The molecule has 0 atom stereocenters. The first-order valence-corrected chi connectivity index (χ1v) is 4.93. The van der Waals surface area contributed by atoms with Gasteiger partial charge in [-0.25, -0.2) is 4.98 Å². The van der Waals surface area contributed by atoms with E-state index in [1.807, 2.05) is 0 Å². The predicted octanol–water partition coefficient (Wildman–Crippen LogP) is 3.12. The highest BCUT2D eigenvalue weighted by Gasteiger charge is 2.75. The van der Waals surface area contributed by atoms with E-state index in [4.69, 9.17) is 0 Å². The van der Waals surface area contributed by atoms with E-state index in [0.29, 0.717) is 0 Å². The van der Waals surface area contributed by atoms with Crippen LogP contribution in [0.3, 0.4) is 0 Å². The van der Waals surface area contributed by atoms with E-state index < -0.39 is 29.0 Å². The molecule has 0 aromatic carbocycles. The molecule has 0 radical (unpaired) electrons. The van der Waals surface area contributed by atoms with Gasteiger partial charge in [-0.15, -0.1) is 0 Å². The van der Waals surface area contributed by atoms with E-state index in [9.17, 15) is 31.1 Å². The number of nitrogens with one attached hydrogen (secondary N) is 1. The van der Waals surface area contributed by atoms with E-state index in [2.05, 4.69) is 16.6 Å². The maximum atomic E-state index is 12.4. The number of alkyl halides is 7. The third kappa shape index (κ3) is 2.91. The molecule has 0 unspecified atom stereocenters. The molecule has 0 saturated carbocycles. The third-order valence-corrected chi connectivity index (χ3v) is 2.60. The summed E-state index contributed by atoms with van der Waals surface area (Å²) in [5, 5.41) is 1.37. The van der Waals surface area contributed by atoms with E-state index >= 15 is 0 Å². The molecule has 0 spiro atoms. The van der Waals surface area contributed by atoms with E-state index in [1.165, 1.54) is 17.4 Å². The first-order valence-electron chi connectivity index (χ1n) is 4.55. The Morgan fingerprint density at radius 1 is 1.11 bits per heavy atom. The highest BCUT2D eigenvalue weighted by Crippen LogP contribution is 2.48. The molecule has 106 valence electrons. The second-order valence-electron chi connectivity index (χ2n) is 3.32. The number of aromatic nitrogens is 1. The lowest BCUT2D eigenvalue weighted by molar-refractivity contribution is -0.258. The number of halogens is 7. The lowest BCUT2D eigenvalue weighted by atomic mass is 10.1. The minimum absolute atomic E-state index is 0.481. The SMILES string of the molecule is O=C(Nc1ccccn1)C(Cl)(C(F)(F)F)C(F)(F)F. The Balaban J connectivity index is 3.11. The molecule has 0 aliphatic rings. The zero-order valence-corrected chi connectivity index (χ0v) is 9.57. The van der Waals surface area contributed by atoms with Crippen LogP contribution in [-0.4, -0.2) is 28.1 Å². The number of rotatable bonds is 2. The highest BCUT2D eigenvalue weighted by molar-refractivity contribution is 6.38. The fourth-order valence-corrected chi connectivity index (χ4v) is 1.10. The first-order chi connectivity index (χ1) is 8.50. The van der Waals surface area contributed by atoms with E-state index in [1.54, 1.807) is 0 Å². The Kier molecular flexibility index (Phi) is 3.99. The van der Waals surface area contributed by atoms with Crippen molar-refractivity contribution in [3.63, 3.8) is 0 Å². The quantitative estimate of drug-likeness (QED) is 0.674. The zero-order chi connectivity index (χ0) is 14.9. The monoisotopic (exact) mass is 306 g/mol. The van der Waals surface area contributed by atoms with Crippen molar-refractivity contribution in [2.24, 2.45) is 0 Å². The molecule has 3 nitrogen and oxygen atoms in total. The molecule has 1 amide bonds. The number of anilines is 1. The van der Waals surface area contributed by atoms with Crippen molar-refractivity contribution in [1.82, 2.24) is 4.98 Å². The summed E-state index contributed by atoms with van der Waals surface area (Å²) in [5.74, 6) is -2.95. The molecule has 1 rings (SSSR count). The summed E-state index contributed by atoms with van der Waals surface area (Å²) in [4.78, 5) is 9.55. The fraction of sp³-hybridized carbons (Fsp3) is 0.333. The maximum Gasteiger partial charge on any atom is 0.425 e. The number of nitrogens with zero attached hydrogens (tertiary/aromatic N) is 1. The van der Waals surface area contributed by atoms with Gasteiger partial charge < -0.3 is 5.32 Å². The largest absolute Gasteiger partial charge is 0.425 e. The third-order valence-electron chi connectivity index (χ3n) is 2.00. The zero-order valence-electron chi connectivity index (χ0n) is 8.81. The summed E-state index contributed by atoms with van der Waals surface area (Å²) in [7, 11) is 0. The lowest BCUT2D eigenvalue weighted by Gasteiger charge is -2.29. The Morgan fingerprint density at radius 2 is 1.63 bits per heavy atom. The molecule has 1 N–H and O–H groups in total. The van der Waals surface area contributed by atoms with Gasteiger partial charge in [0.25, 0.3) is 5.91 Å². The normalized spacial score (nSPS) is 13.2. The second-order valence-corrected chi connectivity index (χ2v) is 3.89. The van der Waals surface area contributed by atoms with Crippen LogP contribution in [0.25, 0.3) is 0 Å². The van der Waals surface area contributed by atoms with Crippen LogP contribution >= 0.6 is 11.6 Å². The van der Waals surface area contributed by atoms with Gasteiger partial charge in [-0.2, -0.15) is 26.3 Å². The van der Waals surface area contributed by atoms with Gasteiger partial charge in [0.05, 0.1) is 0 Å². The van der Waals surface area contributed by atoms with Gasteiger partial charge in [-0.3, -0.25) is 4.79 Å². The van der Waals surface area contributed by atoms with Gasteiger partial charge in [0.1, 0.15) is 5.82 Å². The summed E-state index contributed by atoms with van der Waals surface area (Å²) in [6, 6.07) is 3.64. The lowest BCUT2D eigenvalue weighted by Crippen LogP contribution is -2.60. The van der Waals surface area contributed by atoms with Crippen LogP contribution in [0.1, 0.15) is 0 Å². The van der Waals surface area contributed by atoms with Crippen molar-refractivity contribution in [2.75, 3.05) is 5.32 Å². The van der Waals surface area contributed by atoms with Crippen LogP contribution in [0.4, 0.5) is 32.2 Å².